The molecule has 1 aliphatic heterocycles. The number of β-amino-alcohol motifs (C(OH)–C–C–N with tert-alkyl or cyclic N) is 1. The van der Waals surface area contributed by atoms with E-state index >= 15 is 0 Å². The van der Waals surface area contributed by atoms with Gasteiger partial charge in [0.1, 0.15) is 0 Å². The van der Waals surface area contributed by atoms with E-state index in [0.29, 0.717) is 37.8 Å². The summed E-state index contributed by atoms with van der Waals surface area (Å²) in [5.41, 5.74) is 0.393. The third-order valence-corrected chi connectivity index (χ3v) is 8.88. The topological polar surface area (TPSA) is 43.7 Å². The lowest BCUT2D eigenvalue weighted by Gasteiger charge is -2.44. The molecule has 0 spiro atoms. The quantitative estimate of drug-likeness (QED) is 0.365. The Kier molecular flexibility index (Phi) is 9.13. The van der Waals surface area contributed by atoms with Crippen LogP contribution in [0.3, 0.4) is 0 Å². The summed E-state index contributed by atoms with van der Waals surface area (Å²) in [6, 6.07) is 0. The normalized spacial score (nSPS) is 35.4. The molecule has 5 unspecified atom stereocenters. The standard InChI is InChI=1S/C28H44F3NO2/c1-4-8-21(19-24(33)5-2)10-11-22-9-6-15-26(3)23(12-13-25(22)26)14-18-32-17-7-16-27(34,20-32)28(29,30)31/h5,10-11,23-25,33-34H,2,4,6-9,12-20H2,1,3H3/b21-10-,22-11+. The van der Waals surface area contributed by atoms with Crippen LogP contribution in [0.1, 0.15) is 84.5 Å². The van der Waals surface area contributed by atoms with Gasteiger partial charge in [0.2, 0.25) is 0 Å². The van der Waals surface area contributed by atoms with Gasteiger partial charge in [0, 0.05) is 6.54 Å². The Morgan fingerprint density at radius 1 is 1.26 bits per heavy atom. The zero-order valence-electron chi connectivity index (χ0n) is 21.0. The number of likely N-dealkylation sites (tertiary alicyclic amines) is 1. The van der Waals surface area contributed by atoms with Crippen LogP contribution < -0.4 is 0 Å². The lowest BCUT2D eigenvalue weighted by Crippen LogP contribution is -2.57. The van der Waals surface area contributed by atoms with Crippen LogP contribution in [-0.2, 0) is 0 Å². The molecule has 2 aliphatic carbocycles. The summed E-state index contributed by atoms with van der Waals surface area (Å²) in [6.45, 7) is 9.20. The molecular formula is C28H44F3NO2. The zero-order chi connectivity index (χ0) is 25.0. The van der Waals surface area contributed by atoms with E-state index in [2.05, 4.69) is 32.6 Å². The number of aliphatic hydroxyl groups is 2. The van der Waals surface area contributed by atoms with Crippen LogP contribution in [-0.4, -0.2) is 52.6 Å². The number of piperidine rings is 1. The van der Waals surface area contributed by atoms with Crippen molar-refractivity contribution in [2.75, 3.05) is 19.6 Å². The minimum atomic E-state index is -4.56. The molecule has 1 saturated heterocycles. The monoisotopic (exact) mass is 483 g/mol. The first kappa shape index (κ1) is 27.5. The molecule has 6 heteroatoms. The van der Waals surface area contributed by atoms with Crippen LogP contribution in [0.4, 0.5) is 13.2 Å². The molecule has 3 nitrogen and oxygen atoms in total. The summed E-state index contributed by atoms with van der Waals surface area (Å²) in [4.78, 5) is 1.83. The van der Waals surface area contributed by atoms with Crippen molar-refractivity contribution in [2.45, 2.75) is 102 Å². The Labute approximate surface area is 203 Å². The molecule has 3 aliphatic rings. The maximum absolute atomic E-state index is 13.3. The van der Waals surface area contributed by atoms with Crippen molar-refractivity contribution in [3.63, 3.8) is 0 Å². The molecule has 0 bridgehead atoms. The molecule has 194 valence electrons. The van der Waals surface area contributed by atoms with Gasteiger partial charge in [-0.15, -0.1) is 6.58 Å². The number of allylic oxidation sites excluding steroid dienone is 3. The maximum Gasteiger partial charge on any atom is 0.418 e. The van der Waals surface area contributed by atoms with E-state index in [1.54, 1.807) is 6.08 Å². The minimum absolute atomic E-state index is 0.193. The van der Waals surface area contributed by atoms with Crippen LogP contribution in [0.15, 0.2) is 36.0 Å². The van der Waals surface area contributed by atoms with Gasteiger partial charge in [0.05, 0.1) is 6.10 Å². The fourth-order valence-electron chi connectivity index (χ4n) is 6.86. The summed E-state index contributed by atoms with van der Waals surface area (Å²) in [7, 11) is 0. The highest BCUT2D eigenvalue weighted by molar-refractivity contribution is 5.25. The highest BCUT2D eigenvalue weighted by Gasteiger charge is 2.55. The number of aliphatic hydroxyl groups excluding tert-OH is 1. The van der Waals surface area contributed by atoms with Crippen LogP contribution in [0.2, 0.25) is 0 Å². The molecular weight excluding hydrogens is 439 g/mol. The van der Waals surface area contributed by atoms with Crippen LogP contribution in [0.25, 0.3) is 0 Å². The Bertz CT molecular complexity index is 761. The van der Waals surface area contributed by atoms with Crippen LogP contribution in [0.5, 0.6) is 0 Å². The van der Waals surface area contributed by atoms with E-state index in [1.807, 2.05) is 4.90 Å². The molecule has 34 heavy (non-hydrogen) atoms. The first-order valence-electron chi connectivity index (χ1n) is 13.2. The molecule has 5 atom stereocenters. The van der Waals surface area contributed by atoms with Crippen LogP contribution >= 0.6 is 0 Å². The van der Waals surface area contributed by atoms with E-state index in [-0.39, 0.29) is 18.4 Å². The van der Waals surface area contributed by atoms with E-state index in [4.69, 9.17) is 0 Å². The molecule has 0 aromatic heterocycles. The van der Waals surface area contributed by atoms with Gasteiger partial charge < -0.3 is 15.1 Å². The molecule has 0 amide bonds. The highest BCUT2D eigenvalue weighted by Crippen LogP contribution is 2.58. The number of alkyl halides is 3. The van der Waals surface area contributed by atoms with Gasteiger partial charge in [-0.3, -0.25) is 0 Å². The number of halogens is 3. The van der Waals surface area contributed by atoms with Gasteiger partial charge >= 0.3 is 6.18 Å². The summed E-state index contributed by atoms with van der Waals surface area (Å²) in [5.74, 6) is 1.03. The lowest BCUT2D eigenvalue weighted by molar-refractivity contribution is -0.274. The minimum Gasteiger partial charge on any atom is -0.389 e. The predicted molar refractivity (Wildman–Crippen MR) is 131 cm³/mol. The molecule has 3 fully saturated rings. The first-order chi connectivity index (χ1) is 16.0. The Morgan fingerprint density at radius 3 is 2.71 bits per heavy atom. The van der Waals surface area contributed by atoms with Crippen molar-refractivity contribution >= 4 is 0 Å². The van der Waals surface area contributed by atoms with Crippen molar-refractivity contribution in [1.29, 1.82) is 0 Å². The number of rotatable bonds is 9. The fraction of sp³-hybridized carbons (Fsp3) is 0.786. The second-order valence-electron chi connectivity index (χ2n) is 11.2. The second-order valence-corrected chi connectivity index (χ2v) is 11.2. The third-order valence-electron chi connectivity index (χ3n) is 8.88. The number of hydrogen-bond acceptors (Lipinski definition) is 3. The Hall–Kier alpha value is -1.11. The van der Waals surface area contributed by atoms with E-state index in [0.717, 1.165) is 44.9 Å². The molecule has 1 heterocycles. The lowest BCUT2D eigenvalue weighted by atomic mass is 9.63. The van der Waals surface area contributed by atoms with Gasteiger partial charge in [-0.2, -0.15) is 13.2 Å². The van der Waals surface area contributed by atoms with Crippen molar-refractivity contribution in [3.8, 4) is 0 Å². The van der Waals surface area contributed by atoms with Crippen LogP contribution in [0, 0.1) is 17.3 Å². The molecule has 0 aromatic rings. The summed E-state index contributed by atoms with van der Waals surface area (Å²) < 4.78 is 40.0. The Balaban J connectivity index is 1.65. The van der Waals surface area contributed by atoms with Gasteiger partial charge in [0.15, 0.2) is 5.60 Å². The van der Waals surface area contributed by atoms with E-state index < -0.39 is 17.9 Å². The van der Waals surface area contributed by atoms with Gasteiger partial charge in [-0.25, -0.2) is 0 Å². The maximum atomic E-state index is 13.3. The van der Waals surface area contributed by atoms with Gasteiger partial charge in [0.25, 0.3) is 0 Å². The molecule has 2 saturated carbocycles. The third kappa shape index (κ3) is 6.17. The van der Waals surface area contributed by atoms with E-state index in [9.17, 15) is 23.4 Å². The van der Waals surface area contributed by atoms with Crippen molar-refractivity contribution < 1.29 is 23.4 Å². The highest BCUT2D eigenvalue weighted by atomic mass is 19.4. The van der Waals surface area contributed by atoms with Crippen molar-refractivity contribution in [3.05, 3.63) is 36.0 Å². The summed E-state index contributed by atoms with van der Waals surface area (Å²) in [5, 5.41) is 20.2. The number of nitrogens with zero attached hydrogens (tertiary/aromatic N) is 1. The molecule has 3 rings (SSSR count). The Morgan fingerprint density at radius 2 is 2.03 bits per heavy atom. The number of fused-ring (bicyclic) bond motifs is 1. The fourth-order valence-corrected chi connectivity index (χ4v) is 6.86. The van der Waals surface area contributed by atoms with Crippen molar-refractivity contribution in [2.24, 2.45) is 17.3 Å². The van der Waals surface area contributed by atoms with Crippen molar-refractivity contribution in [1.82, 2.24) is 4.90 Å². The smallest absolute Gasteiger partial charge is 0.389 e. The molecule has 0 aromatic carbocycles. The van der Waals surface area contributed by atoms with E-state index in [1.165, 1.54) is 17.6 Å². The van der Waals surface area contributed by atoms with Gasteiger partial charge in [-0.1, -0.05) is 49.6 Å². The predicted octanol–water partition coefficient (Wildman–Crippen LogP) is 6.57. The van der Waals surface area contributed by atoms with Gasteiger partial charge in [-0.05, 0) is 94.5 Å². The summed E-state index contributed by atoms with van der Waals surface area (Å²) >= 11 is 0. The average Bonchev–Trinajstić information content (AvgIpc) is 3.12. The SMILES string of the molecule is C=CC(O)C/C(=C\C=C1/CCCC2(C)C(CCN3CCCC(O)(C(F)(F)F)C3)CCC12)CCC. The first-order valence-corrected chi connectivity index (χ1v) is 13.2. The number of hydrogen-bond donors (Lipinski definition) is 2. The molecule has 0 radical (unpaired) electrons. The molecule has 2 N–H and O–H groups in total. The second kappa shape index (κ2) is 11.3. The largest absolute Gasteiger partial charge is 0.418 e. The zero-order valence-corrected chi connectivity index (χ0v) is 21.0. The average molecular weight is 484 g/mol. The summed E-state index contributed by atoms with van der Waals surface area (Å²) in [6.07, 6.45) is 10.5.